The molecule has 2 rings (SSSR count). The summed E-state index contributed by atoms with van der Waals surface area (Å²) >= 11 is 1.73. The Morgan fingerprint density at radius 3 is 2.94 bits per heavy atom. The quantitative estimate of drug-likeness (QED) is 0.900. The number of hydrogen-bond donors (Lipinski definition) is 1. The number of piperidine rings is 1. The summed E-state index contributed by atoms with van der Waals surface area (Å²) in [6, 6.07) is 2.02. The number of hydrogen-bond acceptors (Lipinski definition) is 3. The second kappa shape index (κ2) is 5.19. The Morgan fingerprint density at radius 1 is 1.59 bits per heavy atom. The number of thiophene rings is 1. The first kappa shape index (κ1) is 12.6. The fourth-order valence-electron chi connectivity index (χ4n) is 2.65. The molecule has 0 aliphatic carbocycles. The van der Waals surface area contributed by atoms with Crippen LogP contribution in [0, 0.1) is 6.92 Å². The minimum atomic E-state index is -0.675. The minimum Gasteiger partial charge on any atom is -0.480 e. The predicted molar refractivity (Wildman–Crippen MR) is 69.5 cm³/mol. The zero-order chi connectivity index (χ0) is 12.4. The molecule has 2 heterocycles. The number of carboxylic acid groups (broad SMARTS) is 1. The standard InChI is InChI=1S/C13H19NO2S/c1-9-6-8-17-12(9)10(2)14-7-4-3-5-11(14)13(15)16/h6,8,10-11H,3-5,7H2,1-2H3,(H,15,16). The zero-order valence-corrected chi connectivity index (χ0v) is 11.2. The van der Waals surface area contributed by atoms with Crippen molar-refractivity contribution in [1.82, 2.24) is 4.90 Å². The third kappa shape index (κ3) is 2.53. The molecule has 0 saturated carbocycles. The molecule has 0 bridgehead atoms. The van der Waals surface area contributed by atoms with Gasteiger partial charge in [-0.1, -0.05) is 6.42 Å². The summed E-state index contributed by atoms with van der Waals surface area (Å²) in [6.45, 7) is 5.12. The Hall–Kier alpha value is -0.870. The van der Waals surface area contributed by atoms with Gasteiger partial charge in [0, 0.05) is 10.9 Å². The number of likely N-dealkylation sites (tertiary alicyclic amines) is 1. The van der Waals surface area contributed by atoms with Crippen molar-refractivity contribution >= 4 is 17.3 Å². The average Bonchev–Trinajstić information content (AvgIpc) is 2.74. The van der Waals surface area contributed by atoms with E-state index in [1.165, 1.54) is 10.4 Å². The van der Waals surface area contributed by atoms with Crippen LogP contribution in [0.4, 0.5) is 0 Å². The molecule has 0 aromatic carbocycles. The molecule has 2 unspecified atom stereocenters. The van der Waals surface area contributed by atoms with E-state index < -0.39 is 5.97 Å². The van der Waals surface area contributed by atoms with Gasteiger partial charge in [-0.25, -0.2) is 0 Å². The fourth-order valence-corrected chi connectivity index (χ4v) is 3.65. The SMILES string of the molecule is Cc1ccsc1C(C)N1CCCCC1C(=O)O. The highest BCUT2D eigenvalue weighted by Crippen LogP contribution is 2.32. The maximum atomic E-state index is 11.3. The Bertz CT molecular complexity index is 402. The third-order valence-electron chi connectivity index (χ3n) is 3.61. The Balaban J connectivity index is 2.19. The summed E-state index contributed by atoms with van der Waals surface area (Å²) in [4.78, 5) is 14.7. The van der Waals surface area contributed by atoms with Gasteiger partial charge in [-0.2, -0.15) is 0 Å². The smallest absolute Gasteiger partial charge is 0.320 e. The Morgan fingerprint density at radius 2 is 2.35 bits per heavy atom. The summed E-state index contributed by atoms with van der Waals surface area (Å²) in [5, 5.41) is 11.4. The van der Waals surface area contributed by atoms with E-state index in [4.69, 9.17) is 0 Å². The van der Waals surface area contributed by atoms with Crippen LogP contribution in [0.5, 0.6) is 0 Å². The Kier molecular flexibility index (Phi) is 3.84. The van der Waals surface area contributed by atoms with E-state index in [1.807, 2.05) is 0 Å². The molecule has 17 heavy (non-hydrogen) atoms. The number of nitrogens with zero attached hydrogens (tertiary/aromatic N) is 1. The van der Waals surface area contributed by atoms with E-state index in [0.717, 1.165) is 25.8 Å². The highest BCUT2D eigenvalue weighted by atomic mass is 32.1. The van der Waals surface area contributed by atoms with E-state index in [9.17, 15) is 9.90 Å². The number of aliphatic carboxylic acids is 1. The molecule has 4 heteroatoms. The van der Waals surface area contributed by atoms with Crippen LogP contribution in [0.25, 0.3) is 0 Å². The Labute approximate surface area is 106 Å². The number of rotatable bonds is 3. The second-order valence-electron chi connectivity index (χ2n) is 4.73. The molecule has 0 amide bonds. The lowest BCUT2D eigenvalue weighted by atomic mass is 9.99. The lowest BCUT2D eigenvalue weighted by Gasteiger charge is -2.37. The van der Waals surface area contributed by atoms with Gasteiger partial charge in [0.1, 0.15) is 6.04 Å². The number of carboxylic acids is 1. The van der Waals surface area contributed by atoms with Crippen LogP contribution in [-0.2, 0) is 4.79 Å². The van der Waals surface area contributed by atoms with Crippen LogP contribution < -0.4 is 0 Å². The molecule has 1 aromatic heterocycles. The minimum absolute atomic E-state index is 0.219. The first-order valence-corrected chi connectivity index (χ1v) is 7.01. The van der Waals surface area contributed by atoms with Crippen molar-refractivity contribution in [2.45, 2.75) is 45.2 Å². The van der Waals surface area contributed by atoms with Gasteiger partial charge in [0.15, 0.2) is 0 Å². The van der Waals surface area contributed by atoms with Gasteiger partial charge < -0.3 is 5.11 Å². The van der Waals surface area contributed by atoms with Gasteiger partial charge in [0.25, 0.3) is 0 Å². The maximum absolute atomic E-state index is 11.3. The largest absolute Gasteiger partial charge is 0.480 e. The highest BCUT2D eigenvalue weighted by molar-refractivity contribution is 7.10. The summed E-state index contributed by atoms with van der Waals surface area (Å²) in [5.74, 6) is -0.675. The number of carbonyl (C=O) groups is 1. The molecule has 1 aromatic rings. The van der Waals surface area contributed by atoms with E-state index in [2.05, 4.69) is 30.2 Å². The van der Waals surface area contributed by atoms with Gasteiger partial charge >= 0.3 is 5.97 Å². The third-order valence-corrected chi connectivity index (χ3v) is 4.80. The van der Waals surface area contributed by atoms with Crippen LogP contribution in [0.3, 0.4) is 0 Å². The predicted octanol–water partition coefficient (Wildman–Crippen LogP) is 3.06. The van der Waals surface area contributed by atoms with E-state index in [0.29, 0.717) is 0 Å². The molecule has 1 fully saturated rings. The van der Waals surface area contributed by atoms with Crippen LogP contribution in [0.2, 0.25) is 0 Å². The molecule has 3 nitrogen and oxygen atoms in total. The molecule has 2 atom stereocenters. The topological polar surface area (TPSA) is 40.5 Å². The fraction of sp³-hybridized carbons (Fsp3) is 0.615. The van der Waals surface area contributed by atoms with Crippen LogP contribution in [0.1, 0.15) is 42.7 Å². The van der Waals surface area contributed by atoms with Crippen molar-refractivity contribution in [2.75, 3.05) is 6.54 Å². The maximum Gasteiger partial charge on any atom is 0.320 e. The van der Waals surface area contributed by atoms with E-state index in [1.54, 1.807) is 11.3 Å². The summed E-state index contributed by atoms with van der Waals surface area (Å²) in [5.41, 5.74) is 1.28. The van der Waals surface area contributed by atoms with Gasteiger partial charge in [-0.05, 0) is 50.2 Å². The van der Waals surface area contributed by atoms with E-state index >= 15 is 0 Å². The number of aryl methyl sites for hydroxylation is 1. The van der Waals surface area contributed by atoms with Gasteiger partial charge in [-0.3, -0.25) is 9.69 Å². The monoisotopic (exact) mass is 253 g/mol. The molecule has 1 N–H and O–H groups in total. The van der Waals surface area contributed by atoms with Gasteiger partial charge in [0.05, 0.1) is 0 Å². The van der Waals surface area contributed by atoms with Crippen molar-refractivity contribution in [3.05, 3.63) is 21.9 Å². The molecule has 1 aliphatic heterocycles. The molecule has 0 radical (unpaired) electrons. The lowest BCUT2D eigenvalue weighted by molar-refractivity contribution is -0.145. The van der Waals surface area contributed by atoms with Crippen molar-refractivity contribution in [2.24, 2.45) is 0 Å². The summed E-state index contributed by atoms with van der Waals surface area (Å²) in [6.07, 6.45) is 2.92. The normalized spacial score (nSPS) is 23.5. The van der Waals surface area contributed by atoms with Crippen molar-refractivity contribution in [3.63, 3.8) is 0 Å². The lowest BCUT2D eigenvalue weighted by Crippen LogP contribution is -2.45. The summed E-state index contributed by atoms with van der Waals surface area (Å²) in [7, 11) is 0. The highest BCUT2D eigenvalue weighted by Gasteiger charge is 2.32. The second-order valence-corrected chi connectivity index (χ2v) is 5.68. The molecular formula is C13H19NO2S. The average molecular weight is 253 g/mol. The van der Waals surface area contributed by atoms with Crippen LogP contribution in [-0.4, -0.2) is 28.6 Å². The molecule has 1 saturated heterocycles. The zero-order valence-electron chi connectivity index (χ0n) is 10.3. The molecule has 1 aliphatic rings. The first-order valence-electron chi connectivity index (χ1n) is 6.14. The van der Waals surface area contributed by atoms with Crippen LogP contribution in [0.15, 0.2) is 11.4 Å². The first-order chi connectivity index (χ1) is 8.11. The summed E-state index contributed by atoms with van der Waals surface area (Å²) < 4.78 is 0. The van der Waals surface area contributed by atoms with Crippen molar-refractivity contribution < 1.29 is 9.90 Å². The molecule has 0 spiro atoms. The van der Waals surface area contributed by atoms with Gasteiger partial charge in [-0.15, -0.1) is 11.3 Å². The van der Waals surface area contributed by atoms with Crippen molar-refractivity contribution in [3.8, 4) is 0 Å². The van der Waals surface area contributed by atoms with Gasteiger partial charge in [0.2, 0.25) is 0 Å². The van der Waals surface area contributed by atoms with E-state index in [-0.39, 0.29) is 12.1 Å². The van der Waals surface area contributed by atoms with Crippen molar-refractivity contribution in [1.29, 1.82) is 0 Å². The molecular weight excluding hydrogens is 234 g/mol. The van der Waals surface area contributed by atoms with Crippen LogP contribution >= 0.6 is 11.3 Å². The molecule has 94 valence electrons.